The molecule has 15 heavy (non-hydrogen) atoms. The quantitative estimate of drug-likeness (QED) is 0.654. The van der Waals surface area contributed by atoms with Gasteiger partial charge >= 0.3 is 0 Å². The molecule has 0 radical (unpaired) electrons. The fourth-order valence-electron chi connectivity index (χ4n) is 1.37. The fraction of sp³-hybridized carbons (Fsp3) is 0.417. The van der Waals surface area contributed by atoms with Crippen molar-refractivity contribution < 1.29 is 4.79 Å². The van der Waals surface area contributed by atoms with E-state index in [4.69, 9.17) is 0 Å². The van der Waals surface area contributed by atoms with Gasteiger partial charge in [-0.05, 0) is 23.5 Å². The molecule has 0 aliphatic carbocycles. The first-order valence-electron chi connectivity index (χ1n) is 5.15. The second-order valence-electron chi connectivity index (χ2n) is 3.68. The van der Waals surface area contributed by atoms with Crippen LogP contribution in [0, 0.1) is 0 Å². The minimum Gasteiger partial charge on any atom is -0.343 e. The van der Waals surface area contributed by atoms with Crippen LogP contribution in [0.5, 0.6) is 0 Å². The van der Waals surface area contributed by atoms with E-state index in [0.29, 0.717) is 12.5 Å². The van der Waals surface area contributed by atoms with Gasteiger partial charge in [0.05, 0.1) is 0 Å². The Balaban J connectivity index is 2.60. The highest BCUT2D eigenvalue weighted by molar-refractivity contribution is 9.18. The zero-order valence-electron chi connectivity index (χ0n) is 9.09. The van der Waals surface area contributed by atoms with Gasteiger partial charge in [-0.25, -0.2) is 0 Å². The minimum atomic E-state index is -0.173. The summed E-state index contributed by atoms with van der Waals surface area (Å²) in [6.45, 7) is 4.98. The SMILES string of the molecule is CCC(C)c1ccc(CNC(=O)Br)cc1. The fourth-order valence-corrected chi connectivity index (χ4v) is 1.51. The number of halogens is 1. The molecule has 1 N–H and O–H groups in total. The molecule has 0 aliphatic heterocycles. The first-order valence-corrected chi connectivity index (χ1v) is 5.95. The third-order valence-electron chi connectivity index (χ3n) is 2.59. The number of hydrogen-bond acceptors (Lipinski definition) is 1. The summed E-state index contributed by atoms with van der Waals surface area (Å²) in [6.07, 6.45) is 1.15. The highest BCUT2D eigenvalue weighted by Crippen LogP contribution is 2.18. The number of carbonyl (C=O) groups is 1. The molecule has 0 saturated carbocycles. The normalized spacial score (nSPS) is 12.2. The van der Waals surface area contributed by atoms with E-state index in [2.05, 4.69) is 59.4 Å². The third kappa shape index (κ3) is 4.04. The first kappa shape index (κ1) is 12.2. The Morgan fingerprint density at radius 1 is 1.40 bits per heavy atom. The average Bonchev–Trinajstić information content (AvgIpc) is 2.26. The molecule has 1 aromatic rings. The van der Waals surface area contributed by atoms with Gasteiger partial charge in [-0.2, -0.15) is 0 Å². The number of amides is 1. The van der Waals surface area contributed by atoms with Crippen LogP contribution in [0.3, 0.4) is 0 Å². The van der Waals surface area contributed by atoms with Crippen LogP contribution in [0.2, 0.25) is 0 Å². The van der Waals surface area contributed by atoms with Gasteiger partial charge in [0.1, 0.15) is 0 Å². The van der Waals surface area contributed by atoms with E-state index in [1.54, 1.807) is 0 Å². The van der Waals surface area contributed by atoms with E-state index in [0.717, 1.165) is 12.0 Å². The van der Waals surface area contributed by atoms with Crippen LogP contribution in [0.4, 0.5) is 4.79 Å². The van der Waals surface area contributed by atoms with Crippen molar-refractivity contribution in [3.8, 4) is 0 Å². The van der Waals surface area contributed by atoms with E-state index in [9.17, 15) is 4.79 Å². The van der Waals surface area contributed by atoms with Crippen molar-refractivity contribution in [1.82, 2.24) is 5.32 Å². The molecular formula is C12H16BrNO. The number of rotatable bonds is 4. The van der Waals surface area contributed by atoms with Gasteiger partial charge in [0, 0.05) is 22.5 Å². The maximum absolute atomic E-state index is 10.6. The topological polar surface area (TPSA) is 29.1 Å². The van der Waals surface area contributed by atoms with Crippen molar-refractivity contribution in [2.24, 2.45) is 0 Å². The largest absolute Gasteiger partial charge is 0.343 e. The van der Waals surface area contributed by atoms with Gasteiger partial charge in [-0.15, -0.1) is 0 Å². The van der Waals surface area contributed by atoms with E-state index in [-0.39, 0.29) is 4.82 Å². The van der Waals surface area contributed by atoms with Crippen LogP contribution >= 0.6 is 15.9 Å². The Kier molecular flexibility index (Phi) is 4.82. The van der Waals surface area contributed by atoms with Gasteiger partial charge in [0.2, 0.25) is 0 Å². The maximum atomic E-state index is 10.6. The second-order valence-corrected chi connectivity index (χ2v) is 4.40. The zero-order chi connectivity index (χ0) is 11.3. The van der Waals surface area contributed by atoms with Crippen molar-refractivity contribution in [3.63, 3.8) is 0 Å². The summed E-state index contributed by atoms with van der Waals surface area (Å²) in [5.41, 5.74) is 2.47. The Morgan fingerprint density at radius 2 is 2.00 bits per heavy atom. The molecule has 0 fully saturated rings. The highest BCUT2D eigenvalue weighted by Gasteiger charge is 2.02. The molecule has 1 aromatic carbocycles. The summed E-state index contributed by atoms with van der Waals surface area (Å²) in [5.74, 6) is 0.602. The second kappa shape index (κ2) is 5.91. The molecule has 0 bridgehead atoms. The summed E-state index contributed by atoms with van der Waals surface area (Å²) < 4.78 is 0. The Morgan fingerprint density at radius 3 is 2.47 bits per heavy atom. The number of benzene rings is 1. The van der Waals surface area contributed by atoms with Crippen molar-refractivity contribution >= 4 is 20.7 Å². The molecule has 0 saturated heterocycles. The van der Waals surface area contributed by atoms with Gasteiger partial charge in [-0.1, -0.05) is 38.1 Å². The number of carbonyl (C=O) groups excluding carboxylic acids is 1. The molecule has 0 heterocycles. The van der Waals surface area contributed by atoms with E-state index in [1.807, 2.05) is 0 Å². The van der Waals surface area contributed by atoms with E-state index >= 15 is 0 Å². The summed E-state index contributed by atoms with van der Waals surface area (Å²) in [5, 5.41) is 2.70. The summed E-state index contributed by atoms with van der Waals surface area (Å²) >= 11 is 2.83. The number of hydrogen-bond donors (Lipinski definition) is 1. The summed E-state index contributed by atoms with van der Waals surface area (Å²) in [4.78, 5) is 10.5. The van der Waals surface area contributed by atoms with Crippen LogP contribution in [0.15, 0.2) is 24.3 Å². The van der Waals surface area contributed by atoms with Crippen LogP contribution < -0.4 is 5.32 Å². The molecule has 1 atom stereocenters. The van der Waals surface area contributed by atoms with E-state index < -0.39 is 0 Å². The lowest BCUT2D eigenvalue weighted by molar-refractivity contribution is 0.261. The third-order valence-corrected chi connectivity index (χ3v) is 2.87. The van der Waals surface area contributed by atoms with Gasteiger partial charge in [0.15, 0.2) is 0 Å². The average molecular weight is 270 g/mol. The molecule has 82 valence electrons. The Labute approximate surface area is 99.2 Å². The van der Waals surface area contributed by atoms with Crippen LogP contribution in [0.25, 0.3) is 0 Å². The summed E-state index contributed by atoms with van der Waals surface area (Å²) in [6, 6.07) is 8.38. The van der Waals surface area contributed by atoms with Gasteiger partial charge in [0.25, 0.3) is 4.82 Å². The van der Waals surface area contributed by atoms with Crippen molar-refractivity contribution in [2.45, 2.75) is 32.7 Å². The van der Waals surface area contributed by atoms with Crippen molar-refractivity contribution in [1.29, 1.82) is 0 Å². The molecule has 1 amide bonds. The van der Waals surface area contributed by atoms with Crippen molar-refractivity contribution in [3.05, 3.63) is 35.4 Å². The molecule has 1 unspecified atom stereocenters. The lowest BCUT2D eigenvalue weighted by Gasteiger charge is -2.09. The summed E-state index contributed by atoms with van der Waals surface area (Å²) in [7, 11) is 0. The smallest absolute Gasteiger partial charge is 0.287 e. The monoisotopic (exact) mass is 269 g/mol. The Bertz CT molecular complexity index is 321. The Hall–Kier alpha value is -0.830. The highest BCUT2D eigenvalue weighted by atomic mass is 79.9. The first-order chi connectivity index (χ1) is 7.13. The minimum absolute atomic E-state index is 0.173. The molecule has 0 aromatic heterocycles. The van der Waals surface area contributed by atoms with E-state index in [1.165, 1.54) is 5.56 Å². The lowest BCUT2D eigenvalue weighted by Crippen LogP contribution is -2.14. The predicted octanol–water partition coefficient (Wildman–Crippen LogP) is 3.80. The molecule has 0 aliphatic rings. The molecule has 0 spiro atoms. The molecule has 2 nitrogen and oxygen atoms in total. The van der Waals surface area contributed by atoms with Crippen LogP contribution in [0.1, 0.15) is 37.3 Å². The van der Waals surface area contributed by atoms with Gasteiger partial charge in [-0.3, -0.25) is 4.79 Å². The molecular weight excluding hydrogens is 254 g/mol. The van der Waals surface area contributed by atoms with Crippen LogP contribution in [-0.2, 0) is 6.54 Å². The zero-order valence-corrected chi connectivity index (χ0v) is 10.7. The van der Waals surface area contributed by atoms with Gasteiger partial charge < -0.3 is 5.32 Å². The maximum Gasteiger partial charge on any atom is 0.287 e. The molecule has 3 heteroatoms. The number of nitrogens with one attached hydrogen (secondary N) is 1. The predicted molar refractivity (Wildman–Crippen MR) is 66.3 cm³/mol. The lowest BCUT2D eigenvalue weighted by atomic mass is 9.98. The standard InChI is InChI=1S/C12H16BrNO/c1-3-9(2)11-6-4-10(5-7-11)8-14-12(13)15/h4-7,9H,3,8H2,1-2H3,(H,14,15). The van der Waals surface area contributed by atoms with Crippen molar-refractivity contribution in [2.75, 3.05) is 0 Å². The molecule has 1 rings (SSSR count). The van der Waals surface area contributed by atoms with Crippen LogP contribution in [-0.4, -0.2) is 4.82 Å².